The zero-order valence-electron chi connectivity index (χ0n) is 34.0. The van der Waals surface area contributed by atoms with Gasteiger partial charge in [-0.15, -0.1) is 0 Å². The molecule has 9 aromatic rings. The molecule has 0 fully saturated rings. The minimum Gasteiger partial charge on any atom is -0.310 e. The van der Waals surface area contributed by atoms with Crippen molar-refractivity contribution in [3.63, 3.8) is 0 Å². The second-order valence-electron chi connectivity index (χ2n) is 18.6. The van der Waals surface area contributed by atoms with Crippen LogP contribution in [-0.2, 0) is 16.2 Å². The van der Waals surface area contributed by atoms with E-state index in [1.54, 1.807) is 0 Å². The minimum atomic E-state index is -0.176. The Labute approximate surface area is 341 Å². The van der Waals surface area contributed by atoms with Crippen LogP contribution < -0.4 is 4.90 Å². The lowest BCUT2D eigenvalue weighted by Crippen LogP contribution is -2.17. The standard InChI is InChI=1S/C57H45N/c1-55(2)48-27-21-34-14-12-13-19-41(34)53(48)47-33-51-46(32-52(47)55)43-26-23-40(31-50(43)56(51,3)4)58(38-17-8-7-9-18-38)39-22-25-42-37(28-39)20-24-44-45-29-35-15-10-11-16-36(35)30-49(45)57(5,6)54(42)44/h7-33H,1-6H3. The van der Waals surface area contributed by atoms with Crippen LogP contribution in [0, 0.1) is 0 Å². The molecule has 278 valence electrons. The molecule has 0 radical (unpaired) electrons. The molecule has 0 spiro atoms. The van der Waals surface area contributed by atoms with Gasteiger partial charge in [-0.3, -0.25) is 0 Å². The van der Waals surface area contributed by atoms with Gasteiger partial charge in [-0.2, -0.15) is 0 Å². The minimum absolute atomic E-state index is 0.0804. The molecule has 0 heterocycles. The summed E-state index contributed by atoms with van der Waals surface area (Å²) in [5, 5.41) is 7.85. The van der Waals surface area contributed by atoms with Crippen molar-refractivity contribution in [3.8, 4) is 33.4 Å². The number of para-hydroxylation sites is 1. The Kier molecular flexibility index (Phi) is 6.60. The van der Waals surface area contributed by atoms with E-state index in [0.29, 0.717) is 0 Å². The van der Waals surface area contributed by atoms with Gasteiger partial charge in [-0.1, -0.05) is 145 Å². The fourth-order valence-corrected chi connectivity index (χ4v) is 11.4. The molecule has 0 atom stereocenters. The first-order valence-electron chi connectivity index (χ1n) is 20.8. The van der Waals surface area contributed by atoms with E-state index in [2.05, 4.69) is 210 Å². The van der Waals surface area contributed by atoms with E-state index < -0.39 is 0 Å². The normalized spacial score (nSPS) is 15.8. The summed E-state index contributed by atoms with van der Waals surface area (Å²) in [5.74, 6) is 0. The largest absolute Gasteiger partial charge is 0.310 e. The van der Waals surface area contributed by atoms with Crippen molar-refractivity contribution in [2.24, 2.45) is 0 Å². The fourth-order valence-electron chi connectivity index (χ4n) is 11.4. The van der Waals surface area contributed by atoms with Gasteiger partial charge in [-0.05, 0) is 160 Å². The summed E-state index contributed by atoms with van der Waals surface area (Å²) in [5.41, 5.74) is 19.9. The summed E-state index contributed by atoms with van der Waals surface area (Å²) in [7, 11) is 0. The van der Waals surface area contributed by atoms with Crippen molar-refractivity contribution < 1.29 is 0 Å². The molecule has 1 heteroatoms. The van der Waals surface area contributed by atoms with Crippen LogP contribution in [0.25, 0.3) is 65.7 Å². The number of hydrogen-bond acceptors (Lipinski definition) is 1. The maximum absolute atomic E-state index is 2.55. The Bertz CT molecular complexity index is 3250. The molecule has 0 aliphatic heterocycles. The van der Waals surface area contributed by atoms with Crippen LogP contribution in [0.4, 0.5) is 17.1 Å². The van der Waals surface area contributed by atoms with Gasteiger partial charge in [0.05, 0.1) is 0 Å². The van der Waals surface area contributed by atoms with Crippen molar-refractivity contribution in [1.82, 2.24) is 0 Å². The maximum Gasteiger partial charge on any atom is 0.0468 e. The first kappa shape index (κ1) is 33.7. The van der Waals surface area contributed by atoms with Crippen molar-refractivity contribution in [2.75, 3.05) is 4.90 Å². The molecule has 0 bridgehead atoms. The van der Waals surface area contributed by atoms with Gasteiger partial charge in [0.2, 0.25) is 0 Å². The number of anilines is 3. The van der Waals surface area contributed by atoms with Gasteiger partial charge in [0, 0.05) is 33.3 Å². The summed E-state index contributed by atoms with van der Waals surface area (Å²) >= 11 is 0. The Hall–Kier alpha value is -6.44. The van der Waals surface area contributed by atoms with E-state index >= 15 is 0 Å². The molecule has 0 saturated carbocycles. The van der Waals surface area contributed by atoms with E-state index in [-0.39, 0.29) is 16.2 Å². The lowest BCUT2D eigenvalue weighted by Gasteiger charge is -2.29. The van der Waals surface area contributed by atoms with Crippen LogP contribution in [0.15, 0.2) is 164 Å². The van der Waals surface area contributed by atoms with E-state index in [1.807, 2.05) is 0 Å². The van der Waals surface area contributed by atoms with Crippen LogP contribution >= 0.6 is 0 Å². The average molecular weight is 744 g/mol. The lowest BCUT2D eigenvalue weighted by atomic mass is 9.79. The topological polar surface area (TPSA) is 3.24 Å². The third kappa shape index (κ3) is 4.37. The van der Waals surface area contributed by atoms with Crippen LogP contribution in [0.1, 0.15) is 74.9 Å². The van der Waals surface area contributed by atoms with E-state index in [0.717, 1.165) is 11.4 Å². The van der Waals surface area contributed by atoms with E-state index in [4.69, 9.17) is 0 Å². The second kappa shape index (κ2) is 11.4. The number of fused-ring (bicyclic) bond motifs is 14. The second-order valence-corrected chi connectivity index (χ2v) is 18.6. The molecule has 0 N–H and O–H groups in total. The highest BCUT2D eigenvalue weighted by atomic mass is 15.1. The summed E-state index contributed by atoms with van der Waals surface area (Å²) in [6, 6.07) is 62.1. The highest BCUT2D eigenvalue weighted by molar-refractivity contribution is 6.05. The van der Waals surface area contributed by atoms with Crippen molar-refractivity contribution in [2.45, 2.75) is 57.8 Å². The zero-order valence-corrected chi connectivity index (χ0v) is 34.0. The molecular weight excluding hydrogens is 699 g/mol. The SMILES string of the molecule is CC1(C)c2cc(N(c3ccccc3)c3ccc4c5c(ccc4c3)-c3cc4ccccc4cc3C5(C)C)ccc2-c2cc3c(cc21)-c1c(ccc2ccccc12)C3(C)C. The van der Waals surface area contributed by atoms with Crippen molar-refractivity contribution in [3.05, 3.63) is 197 Å². The van der Waals surface area contributed by atoms with Crippen molar-refractivity contribution in [1.29, 1.82) is 0 Å². The molecular formula is C57H45N. The average Bonchev–Trinajstić information content (AvgIpc) is 3.71. The van der Waals surface area contributed by atoms with Gasteiger partial charge in [-0.25, -0.2) is 0 Å². The summed E-state index contributed by atoms with van der Waals surface area (Å²) < 4.78 is 0. The molecule has 0 amide bonds. The van der Waals surface area contributed by atoms with Gasteiger partial charge in [0.15, 0.2) is 0 Å². The maximum atomic E-state index is 2.55. The predicted molar refractivity (Wildman–Crippen MR) is 246 cm³/mol. The predicted octanol–water partition coefficient (Wildman–Crippen LogP) is 15.5. The van der Waals surface area contributed by atoms with E-state index in [9.17, 15) is 0 Å². The molecule has 0 unspecified atom stereocenters. The molecule has 0 aromatic heterocycles. The molecule has 1 nitrogen and oxygen atoms in total. The highest BCUT2D eigenvalue weighted by Gasteiger charge is 2.43. The van der Waals surface area contributed by atoms with Gasteiger partial charge >= 0.3 is 0 Å². The third-order valence-electron chi connectivity index (χ3n) is 14.4. The summed E-state index contributed by atoms with van der Waals surface area (Å²) in [4.78, 5) is 2.45. The van der Waals surface area contributed by atoms with Gasteiger partial charge in [0.25, 0.3) is 0 Å². The molecule has 3 aliphatic rings. The monoisotopic (exact) mass is 743 g/mol. The van der Waals surface area contributed by atoms with Crippen LogP contribution in [0.3, 0.4) is 0 Å². The van der Waals surface area contributed by atoms with E-state index in [1.165, 1.54) is 105 Å². The molecule has 9 aromatic carbocycles. The first-order chi connectivity index (χ1) is 28.0. The Morgan fingerprint density at radius 3 is 1.69 bits per heavy atom. The fraction of sp³-hybridized carbons (Fsp3) is 0.158. The Morgan fingerprint density at radius 1 is 0.310 bits per heavy atom. The zero-order chi connectivity index (χ0) is 39.3. The molecule has 0 saturated heterocycles. The summed E-state index contributed by atoms with van der Waals surface area (Å²) in [6.07, 6.45) is 0. The smallest absolute Gasteiger partial charge is 0.0468 e. The Morgan fingerprint density at radius 2 is 0.879 bits per heavy atom. The highest BCUT2D eigenvalue weighted by Crippen LogP contribution is 2.58. The van der Waals surface area contributed by atoms with Gasteiger partial charge < -0.3 is 4.90 Å². The first-order valence-corrected chi connectivity index (χ1v) is 20.8. The third-order valence-corrected chi connectivity index (χ3v) is 14.4. The molecule has 58 heavy (non-hydrogen) atoms. The van der Waals surface area contributed by atoms with Crippen LogP contribution in [-0.4, -0.2) is 0 Å². The van der Waals surface area contributed by atoms with Gasteiger partial charge in [0.1, 0.15) is 0 Å². The van der Waals surface area contributed by atoms with Crippen LogP contribution in [0.5, 0.6) is 0 Å². The van der Waals surface area contributed by atoms with Crippen LogP contribution in [0.2, 0.25) is 0 Å². The van der Waals surface area contributed by atoms with Crippen molar-refractivity contribution >= 4 is 49.4 Å². The number of nitrogens with zero attached hydrogens (tertiary/aromatic N) is 1. The molecule has 3 aliphatic carbocycles. The quantitative estimate of drug-likeness (QED) is 0.174. The Balaban J connectivity index is 0.993. The number of rotatable bonds is 3. The lowest BCUT2D eigenvalue weighted by molar-refractivity contribution is 0.652. The molecule has 12 rings (SSSR count). The number of hydrogen-bond donors (Lipinski definition) is 0. The number of benzene rings is 9. The summed E-state index contributed by atoms with van der Waals surface area (Å²) in [6.45, 7) is 14.4.